The van der Waals surface area contributed by atoms with Crippen molar-refractivity contribution in [2.45, 2.75) is 32.4 Å². The van der Waals surface area contributed by atoms with E-state index in [4.69, 9.17) is 14.2 Å². The first-order chi connectivity index (χ1) is 17.8. The average molecular weight is 508 g/mol. The van der Waals surface area contributed by atoms with Gasteiger partial charge in [0.1, 0.15) is 11.8 Å². The molecule has 1 aliphatic carbocycles. The molecule has 0 spiro atoms. The van der Waals surface area contributed by atoms with Crippen molar-refractivity contribution in [2.75, 3.05) is 48.0 Å². The fraction of sp³-hybridized carbons (Fsp3) is 0.414. The standard InChI is InChI=1S/C29H37N3O5/c1-7-30-27(29(34)31-19-10-11-32(3)16-19)26-17(2)22(21-9-8-20(35-4)15-23(21)26)12-18-13-24(36-5)28(33)25(14-18)37-6/h8-9,12-15,19,27,30,33H,7,10-11,16H2,1-6H3,(H,31,34)/b22-12-. The highest BCUT2D eigenvalue weighted by Gasteiger charge is 2.34. The number of aromatic hydroxyl groups is 1. The number of methoxy groups -OCH3 is 3. The molecule has 2 unspecified atom stereocenters. The molecule has 0 saturated carbocycles. The number of phenols is 1. The monoisotopic (exact) mass is 507 g/mol. The second kappa shape index (κ2) is 11.3. The highest BCUT2D eigenvalue weighted by Crippen LogP contribution is 2.46. The zero-order valence-corrected chi connectivity index (χ0v) is 22.5. The van der Waals surface area contributed by atoms with Crippen LogP contribution in [0, 0.1) is 0 Å². The molecule has 198 valence electrons. The summed E-state index contributed by atoms with van der Waals surface area (Å²) in [4.78, 5) is 15.9. The van der Waals surface area contributed by atoms with Crippen LogP contribution in [0.15, 0.2) is 35.9 Å². The molecule has 1 aliphatic heterocycles. The molecule has 2 atom stereocenters. The van der Waals surface area contributed by atoms with Gasteiger partial charge in [-0.3, -0.25) is 4.79 Å². The number of carbonyl (C=O) groups is 1. The third-order valence-corrected chi connectivity index (χ3v) is 7.13. The van der Waals surface area contributed by atoms with Crippen LogP contribution in [0.3, 0.4) is 0 Å². The maximum absolute atomic E-state index is 13.6. The normalized spacial score (nSPS) is 19.2. The number of nitrogens with one attached hydrogen (secondary N) is 2. The van der Waals surface area contributed by atoms with E-state index in [2.05, 4.69) is 22.6 Å². The minimum absolute atomic E-state index is 0.0282. The van der Waals surface area contributed by atoms with Crippen LogP contribution in [0.25, 0.3) is 17.2 Å². The first-order valence-corrected chi connectivity index (χ1v) is 12.6. The Kier molecular flexibility index (Phi) is 8.10. The molecule has 0 radical (unpaired) electrons. The van der Waals surface area contributed by atoms with Crippen LogP contribution in [0.2, 0.25) is 0 Å². The smallest absolute Gasteiger partial charge is 0.242 e. The lowest BCUT2D eigenvalue weighted by molar-refractivity contribution is -0.122. The van der Waals surface area contributed by atoms with E-state index in [1.54, 1.807) is 19.2 Å². The van der Waals surface area contributed by atoms with Crippen LogP contribution in [0.4, 0.5) is 0 Å². The largest absolute Gasteiger partial charge is 0.502 e. The number of hydrogen-bond donors (Lipinski definition) is 3. The SMILES string of the molecule is CCNC(C(=O)NC1CCN(C)C1)C1=C(C)/C(=C/c2cc(OC)c(O)c(OC)c2)c2ccc(OC)cc21. The first-order valence-electron chi connectivity index (χ1n) is 12.6. The van der Waals surface area contributed by atoms with Crippen molar-refractivity contribution in [3.05, 3.63) is 52.6 Å². The molecule has 8 heteroatoms. The van der Waals surface area contributed by atoms with Crippen LogP contribution in [0.5, 0.6) is 23.0 Å². The Balaban J connectivity index is 1.82. The minimum Gasteiger partial charge on any atom is -0.502 e. The maximum Gasteiger partial charge on any atom is 0.242 e. The molecule has 0 aromatic heterocycles. The number of carbonyl (C=O) groups excluding carboxylic acids is 1. The van der Waals surface area contributed by atoms with Gasteiger partial charge in [-0.1, -0.05) is 13.0 Å². The summed E-state index contributed by atoms with van der Waals surface area (Å²) in [6.07, 6.45) is 2.98. The fourth-order valence-corrected chi connectivity index (χ4v) is 5.25. The lowest BCUT2D eigenvalue weighted by Crippen LogP contribution is -2.49. The molecule has 2 aromatic rings. The fourth-order valence-electron chi connectivity index (χ4n) is 5.25. The van der Waals surface area contributed by atoms with Gasteiger partial charge >= 0.3 is 0 Å². The number of likely N-dealkylation sites (N-methyl/N-ethyl adjacent to an activating group) is 2. The van der Waals surface area contributed by atoms with Crippen molar-refractivity contribution in [3.8, 4) is 23.0 Å². The minimum atomic E-state index is -0.517. The molecule has 1 saturated heterocycles. The van der Waals surface area contributed by atoms with Gasteiger partial charge in [0.2, 0.25) is 11.7 Å². The van der Waals surface area contributed by atoms with Gasteiger partial charge in [0.15, 0.2) is 11.5 Å². The molecule has 4 rings (SSSR count). The van der Waals surface area contributed by atoms with Crippen molar-refractivity contribution in [3.63, 3.8) is 0 Å². The van der Waals surface area contributed by atoms with E-state index < -0.39 is 6.04 Å². The lowest BCUT2D eigenvalue weighted by Gasteiger charge is -2.23. The van der Waals surface area contributed by atoms with Crippen LogP contribution < -0.4 is 24.8 Å². The van der Waals surface area contributed by atoms with Crippen molar-refractivity contribution >= 4 is 23.1 Å². The molecule has 2 aromatic carbocycles. The van der Waals surface area contributed by atoms with Gasteiger partial charge in [-0.25, -0.2) is 0 Å². The average Bonchev–Trinajstić information content (AvgIpc) is 3.42. The molecular weight excluding hydrogens is 470 g/mol. The first kappa shape index (κ1) is 26.6. The lowest BCUT2D eigenvalue weighted by atomic mass is 9.96. The molecule has 8 nitrogen and oxygen atoms in total. The summed E-state index contributed by atoms with van der Waals surface area (Å²) in [6.45, 7) is 6.52. The van der Waals surface area contributed by atoms with E-state index in [1.807, 2.05) is 38.1 Å². The van der Waals surface area contributed by atoms with Gasteiger partial charge in [-0.2, -0.15) is 0 Å². The summed E-state index contributed by atoms with van der Waals surface area (Å²) in [5.41, 5.74) is 5.70. The van der Waals surface area contributed by atoms with Crippen LogP contribution in [0.1, 0.15) is 37.0 Å². The molecule has 2 aliphatic rings. The summed E-state index contributed by atoms with van der Waals surface area (Å²) in [6, 6.07) is 9.10. The van der Waals surface area contributed by atoms with Gasteiger partial charge in [-0.15, -0.1) is 0 Å². The van der Waals surface area contributed by atoms with E-state index in [9.17, 15) is 9.90 Å². The Morgan fingerprint density at radius 3 is 2.41 bits per heavy atom. The summed E-state index contributed by atoms with van der Waals surface area (Å²) in [7, 11) is 6.73. The number of fused-ring (bicyclic) bond motifs is 1. The Morgan fingerprint density at radius 1 is 1.14 bits per heavy atom. The Morgan fingerprint density at radius 2 is 1.84 bits per heavy atom. The van der Waals surface area contributed by atoms with Gasteiger partial charge in [0, 0.05) is 12.6 Å². The molecule has 0 bridgehead atoms. The number of likely N-dealkylation sites (tertiary alicyclic amines) is 1. The summed E-state index contributed by atoms with van der Waals surface area (Å²) in [5, 5.41) is 17.0. The maximum atomic E-state index is 13.6. The molecule has 1 fully saturated rings. The summed E-state index contributed by atoms with van der Waals surface area (Å²) in [5.74, 6) is 1.31. The number of amides is 1. The van der Waals surface area contributed by atoms with E-state index in [0.29, 0.717) is 18.0 Å². The Hall–Kier alpha value is -3.49. The van der Waals surface area contributed by atoms with E-state index >= 15 is 0 Å². The van der Waals surface area contributed by atoms with Crippen LogP contribution in [-0.4, -0.2) is 76.0 Å². The summed E-state index contributed by atoms with van der Waals surface area (Å²) >= 11 is 0. The van der Waals surface area contributed by atoms with Crippen molar-refractivity contribution in [1.82, 2.24) is 15.5 Å². The number of allylic oxidation sites excluding steroid dienone is 2. The second-order valence-electron chi connectivity index (χ2n) is 9.53. The van der Waals surface area contributed by atoms with Gasteiger partial charge in [-0.05, 0) is 97.2 Å². The number of phenolic OH excluding ortho intramolecular Hbond substituents is 1. The third kappa shape index (κ3) is 5.31. The molecule has 1 amide bonds. The van der Waals surface area contributed by atoms with Crippen molar-refractivity contribution in [1.29, 1.82) is 0 Å². The molecule has 1 heterocycles. The number of rotatable bonds is 9. The Bertz CT molecular complexity index is 1210. The van der Waals surface area contributed by atoms with E-state index in [-0.39, 0.29) is 17.7 Å². The predicted octanol–water partition coefficient (Wildman–Crippen LogP) is 3.54. The predicted molar refractivity (Wildman–Crippen MR) is 146 cm³/mol. The van der Waals surface area contributed by atoms with E-state index in [0.717, 1.165) is 58.7 Å². The summed E-state index contributed by atoms with van der Waals surface area (Å²) < 4.78 is 16.3. The van der Waals surface area contributed by atoms with Crippen LogP contribution >= 0.6 is 0 Å². The molecular formula is C29H37N3O5. The van der Waals surface area contributed by atoms with Crippen LogP contribution in [-0.2, 0) is 4.79 Å². The number of hydrogen-bond acceptors (Lipinski definition) is 7. The van der Waals surface area contributed by atoms with Gasteiger partial charge in [0.05, 0.1) is 21.3 Å². The van der Waals surface area contributed by atoms with E-state index in [1.165, 1.54) is 14.2 Å². The van der Waals surface area contributed by atoms with Gasteiger partial charge in [0.25, 0.3) is 0 Å². The molecule has 3 N–H and O–H groups in total. The zero-order chi connectivity index (χ0) is 26.7. The van der Waals surface area contributed by atoms with Gasteiger partial charge < -0.3 is 34.9 Å². The highest BCUT2D eigenvalue weighted by molar-refractivity contribution is 6.11. The number of ether oxygens (including phenoxy) is 3. The Labute approximate surface area is 218 Å². The topological polar surface area (TPSA) is 92.3 Å². The molecule has 37 heavy (non-hydrogen) atoms. The number of nitrogens with zero attached hydrogens (tertiary/aromatic N) is 1. The number of benzene rings is 2. The van der Waals surface area contributed by atoms with Crippen molar-refractivity contribution in [2.24, 2.45) is 0 Å². The second-order valence-corrected chi connectivity index (χ2v) is 9.53. The zero-order valence-electron chi connectivity index (χ0n) is 22.5. The third-order valence-electron chi connectivity index (χ3n) is 7.13. The highest BCUT2D eigenvalue weighted by atomic mass is 16.5. The quantitative estimate of drug-likeness (QED) is 0.478. The van der Waals surface area contributed by atoms with Crippen molar-refractivity contribution < 1.29 is 24.1 Å².